The normalized spacial score (nSPS) is 18.6. The van der Waals surface area contributed by atoms with Crippen LogP contribution in [0.25, 0.3) is 11.1 Å². The van der Waals surface area contributed by atoms with Gasteiger partial charge in [-0.25, -0.2) is 4.79 Å². The van der Waals surface area contributed by atoms with E-state index in [1.54, 1.807) is 4.90 Å². The molecular formula is C26H30N2O5. The van der Waals surface area contributed by atoms with E-state index in [2.05, 4.69) is 29.6 Å². The van der Waals surface area contributed by atoms with E-state index < -0.39 is 12.1 Å². The van der Waals surface area contributed by atoms with Gasteiger partial charge in [0.2, 0.25) is 5.91 Å². The van der Waals surface area contributed by atoms with E-state index in [0.717, 1.165) is 0 Å². The average Bonchev–Trinajstić information content (AvgIpc) is 3.10. The van der Waals surface area contributed by atoms with Crippen LogP contribution in [0.4, 0.5) is 4.79 Å². The Hall–Kier alpha value is -3.35. The summed E-state index contributed by atoms with van der Waals surface area (Å²) in [6.07, 6.45) is 1.21. The van der Waals surface area contributed by atoms with Crippen molar-refractivity contribution in [1.82, 2.24) is 10.2 Å². The number of ether oxygens (including phenoxy) is 1. The first-order valence-electron chi connectivity index (χ1n) is 11.6. The van der Waals surface area contributed by atoms with E-state index in [1.807, 2.05) is 31.2 Å². The van der Waals surface area contributed by atoms with Crippen LogP contribution < -0.4 is 5.32 Å². The summed E-state index contributed by atoms with van der Waals surface area (Å²) in [6, 6.07) is 16.3. The summed E-state index contributed by atoms with van der Waals surface area (Å²) in [5, 5.41) is 11.7. The number of alkyl carbamates (subject to hydrolysis) is 1. The lowest BCUT2D eigenvalue weighted by Crippen LogP contribution is -2.50. The lowest BCUT2D eigenvalue weighted by atomic mass is 9.79. The molecule has 0 bridgehead atoms. The number of rotatable bonds is 9. The molecule has 2 aromatic carbocycles. The van der Waals surface area contributed by atoms with Gasteiger partial charge >= 0.3 is 12.1 Å². The molecule has 2 aliphatic carbocycles. The van der Waals surface area contributed by atoms with Crippen LogP contribution in [0.2, 0.25) is 0 Å². The van der Waals surface area contributed by atoms with Crippen molar-refractivity contribution in [3.05, 3.63) is 59.7 Å². The second-order valence-electron chi connectivity index (χ2n) is 8.75. The van der Waals surface area contributed by atoms with Gasteiger partial charge in [0.25, 0.3) is 0 Å². The second-order valence-corrected chi connectivity index (χ2v) is 8.75. The Morgan fingerprint density at radius 2 is 1.64 bits per heavy atom. The van der Waals surface area contributed by atoms with Crippen LogP contribution in [-0.2, 0) is 14.3 Å². The van der Waals surface area contributed by atoms with Crippen LogP contribution in [-0.4, -0.2) is 53.7 Å². The van der Waals surface area contributed by atoms with E-state index in [4.69, 9.17) is 9.84 Å². The SMILES string of the molecule is CCN(CCCC(=O)O)C(=O)C1CC(NC(=O)OCC2c3ccccc3-c3ccccc32)C1. The van der Waals surface area contributed by atoms with Gasteiger partial charge in [-0.1, -0.05) is 48.5 Å². The zero-order valence-electron chi connectivity index (χ0n) is 18.8. The molecule has 7 nitrogen and oxygen atoms in total. The summed E-state index contributed by atoms with van der Waals surface area (Å²) in [5.41, 5.74) is 4.71. The van der Waals surface area contributed by atoms with E-state index in [-0.39, 0.29) is 36.8 Å². The van der Waals surface area contributed by atoms with Crippen molar-refractivity contribution in [3.8, 4) is 11.1 Å². The highest BCUT2D eigenvalue weighted by Crippen LogP contribution is 2.44. The minimum Gasteiger partial charge on any atom is -0.481 e. The molecule has 1 fully saturated rings. The minimum atomic E-state index is -0.852. The maximum absolute atomic E-state index is 12.6. The largest absolute Gasteiger partial charge is 0.481 e. The van der Waals surface area contributed by atoms with E-state index in [9.17, 15) is 14.4 Å². The summed E-state index contributed by atoms with van der Waals surface area (Å²) in [5.74, 6) is -0.931. The molecule has 7 heteroatoms. The Morgan fingerprint density at radius 3 is 2.21 bits per heavy atom. The number of benzene rings is 2. The van der Waals surface area contributed by atoms with Gasteiger partial charge in [-0.3, -0.25) is 9.59 Å². The van der Waals surface area contributed by atoms with E-state index in [0.29, 0.717) is 32.4 Å². The molecule has 0 atom stereocenters. The smallest absolute Gasteiger partial charge is 0.407 e. The third kappa shape index (κ3) is 5.02. The maximum Gasteiger partial charge on any atom is 0.407 e. The summed E-state index contributed by atoms with van der Waals surface area (Å²) < 4.78 is 5.58. The molecule has 0 saturated heterocycles. The molecule has 0 radical (unpaired) electrons. The molecular weight excluding hydrogens is 420 g/mol. The Balaban J connectivity index is 1.24. The molecule has 33 heavy (non-hydrogen) atoms. The van der Waals surface area contributed by atoms with Gasteiger partial charge in [0, 0.05) is 37.4 Å². The first kappa shape index (κ1) is 22.8. The average molecular weight is 451 g/mol. The zero-order valence-corrected chi connectivity index (χ0v) is 18.8. The fraction of sp³-hybridized carbons (Fsp3) is 0.423. The molecule has 2 amide bonds. The van der Waals surface area contributed by atoms with Gasteiger partial charge in [-0.05, 0) is 48.4 Å². The zero-order chi connectivity index (χ0) is 23.4. The standard InChI is InChI=1S/C26H30N2O5/c1-2-28(13-7-12-24(29)30)25(31)17-14-18(15-17)27-26(32)33-16-23-21-10-5-3-8-19(21)20-9-4-6-11-22(20)23/h3-6,8-11,17-18,23H,2,7,12-16H2,1H3,(H,27,32)(H,29,30). The summed E-state index contributed by atoms with van der Waals surface area (Å²) in [6.45, 7) is 3.16. The van der Waals surface area contributed by atoms with Gasteiger partial charge in [0.1, 0.15) is 6.61 Å². The molecule has 0 aromatic heterocycles. The number of carboxylic acid groups (broad SMARTS) is 1. The molecule has 174 valence electrons. The summed E-state index contributed by atoms with van der Waals surface area (Å²) >= 11 is 0. The van der Waals surface area contributed by atoms with Gasteiger partial charge in [-0.2, -0.15) is 0 Å². The van der Waals surface area contributed by atoms with Crippen molar-refractivity contribution in [3.63, 3.8) is 0 Å². The number of amides is 2. The quantitative estimate of drug-likeness (QED) is 0.602. The highest BCUT2D eigenvalue weighted by molar-refractivity contribution is 5.81. The maximum atomic E-state index is 12.6. The Kier molecular flexibility index (Phi) is 6.96. The van der Waals surface area contributed by atoms with Gasteiger partial charge in [0.05, 0.1) is 0 Å². The number of hydrogen-bond donors (Lipinski definition) is 2. The van der Waals surface area contributed by atoms with Crippen LogP contribution in [0.3, 0.4) is 0 Å². The van der Waals surface area contributed by atoms with Crippen molar-refractivity contribution in [2.45, 2.75) is 44.6 Å². The third-order valence-electron chi connectivity index (χ3n) is 6.67. The van der Waals surface area contributed by atoms with Crippen LogP contribution in [0.15, 0.2) is 48.5 Å². The Bertz CT molecular complexity index is 985. The number of aliphatic carboxylic acids is 1. The Morgan fingerprint density at radius 1 is 1.03 bits per heavy atom. The minimum absolute atomic E-state index is 0.0165. The van der Waals surface area contributed by atoms with Crippen molar-refractivity contribution in [1.29, 1.82) is 0 Å². The second kappa shape index (κ2) is 10.1. The number of carbonyl (C=O) groups is 3. The lowest BCUT2D eigenvalue weighted by Gasteiger charge is -2.37. The van der Waals surface area contributed by atoms with Crippen molar-refractivity contribution >= 4 is 18.0 Å². The molecule has 4 rings (SSSR count). The van der Waals surface area contributed by atoms with Crippen LogP contribution in [0.1, 0.15) is 49.7 Å². The van der Waals surface area contributed by atoms with Gasteiger partial charge in [0.15, 0.2) is 0 Å². The molecule has 0 unspecified atom stereocenters. The number of fused-ring (bicyclic) bond motifs is 3. The molecule has 2 aromatic rings. The Labute approximate surface area is 193 Å². The lowest BCUT2D eigenvalue weighted by molar-refractivity contribution is -0.141. The predicted octanol–water partition coefficient (Wildman–Crippen LogP) is 4.02. The molecule has 1 saturated carbocycles. The van der Waals surface area contributed by atoms with E-state index >= 15 is 0 Å². The number of carboxylic acids is 1. The fourth-order valence-corrected chi connectivity index (χ4v) is 4.85. The molecule has 2 N–H and O–H groups in total. The molecule has 0 spiro atoms. The molecule has 2 aliphatic rings. The van der Waals surface area contributed by atoms with Gasteiger partial charge < -0.3 is 20.1 Å². The molecule has 0 aliphatic heterocycles. The topological polar surface area (TPSA) is 95.9 Å². The number of hydrogen-bond acceptors (Lipinski definition) is 4. The monoisotopic (exact) mass is 450 g/mol. The van der Waals surface area contributed by atoms with E-state index in [1.165, 1.54) is 22.3 Å². The highest BCUT2D eigenvalue weighted by Gasteiger charge is 2.38. The van der Waals surface area contributed by atoms with Crippen molar-refractivity contribution in [2.24, 2.45) is 5.92 Å². The van der Waals surface area contributed by atoms with Crippen LogP contribution in [0, 0.1) is 5.92 Å². The predicted molar refractivity (Wildman–Crippen MR) is 124 cm³/mol. The summed E-state index contributed by atoms with van der Waals surface area (Å²) in [7, 11) is 0. The van der Waals surface area contributed by atoms with Crippen LogP contribution >= 0.6 is 0 Å². The van der Waals surface area contributed by atoms with Crippen molar-refractivity contribution in [2.75, 3.05) is 19.7 Å². The van der Waals surface area contributed by atoms with Crippen LogP contribution in [0.5, 0.6) is 0 Å². The fourth-order valence-electron chi connectivity index (χ4n) is 4.85. The first-order chi connectivity index (χ1) is 16.0. The number of carbonyl (C=O) groups excluding carboxylic acids is 2. The first-order valence-corrected chi connectivity index (χ1v) is 11.6. The highest BCUT2D eigenvalue weighted by atomic mass is 16.5. The van der Waals surface area contributed by atoms with Gasteiger partial charge in [-0.15, -0.1) is 0 Å². The number of nitrogens with zero attached hydrogens (tertiary/aromatic N) is 1. The molecule has 0 heterocycles. The number of nitrogens with one attached hydrogen (secondary N) is 1. The summed E-state index contributed by atoms with van der Waals surface area (Å²) in [4.78, 5) is 37.4. The third-order valence-corrected chi connectivity index (χ3v) is 6.67. The van der Waals surface area contributed by atoms with Crippen molar-refractivity contribution < 1.29 is 24.2 Å².